The minimum absolute atomic E-state index is 0.748. The fourth-order valence-electron chi connectivity index (χ4n) is 2.99. The summed E-state index contributed by atoms with van der Waals surface area (Å²) in [4.78, 5) is 2.59. The monoisotopic (exact) mass is 306 g/mol. The Bertz CT molecular complexity index is 361. The summed E-state index contributed by atoms with van der Waals surface area (Å²) >= 11 is 1.96. The quantitative estimate of drug-likeness (QED) is 0.699. The number of hydrogen-bond acceptors (Lipinski definition) is 3. The van der Waals surface area contributed by atoms with Gasteiger partial charge in [-0.1, -0.05) is 36.8 Å². The van der Waals surface area contributed by atoms with Gasteiger partial charge in [0.1, 0.15) is 0 Å². The van der Waals surface area contributed by atoms with Gasteiger partial charge in [0.2, 0.25) is 0 Å². The molecule has 0 amide bonds. The summed E-state index contributed by atoms with van der Waals surface area (Å²) < 4.78 is 0. The van der Waals surface area contributed by atoms with Crippen molar-refractivity contribution in [3.63, 3.8) is 0 Å². The molecule has 1 saturated heterocycles. The minimum atomic E-state index is 0.748. The molecule has 2 rings (SSSR count). The highest BCUT2D eigenvalue weighted by Crippen LogP contribution is 2.14. The van der Waals surface area contributed by atoms with E-state index in [4.69, 9.17) is 0 Å². The SMILES string of the molecule is CSCCCCCNC1CCN(Cc2ccccc2)CC1. The van der Waals surface area contributed by atoms with Gasteiger partial charge in [0.15, 0.2) is 0 Å². The predicted molar refractivity (Wildman–Crippen MR) is 95.0 cm³/mol. The molecule has 0 unspecified atom stereocenters. The molecule has 1 aliphatic heterocycles. The Hall–Kier alpha value is -0.510. The number of nitrogens with one attached hydrogen (secondary N) is 1. The number of thioether (sulfide) groups is 1. The lowest BCUT2D eigenvalue weighted by Gasteiger charge is -2.32. The Balaban J connectivity index is 1.54. The van der Waals surface area contributed by atoms with Crippen LogP contribution in [0.5, 0.6) is 0 Å². The van der Waals surface area contributed by atoms with Crippen molar-refractivity contribution in [3.05, 3.63) is 35.9 Å². The Labute approximate surface area is 134 Å². The molecule has 0 spiro atoms. The van der Waals surface area contributed by atoms with Crippen LogP contribution in [0.3, 0.4) is 0 Å². The summed E-state index contributed by atoms with van der Waals surface area (Å²) in [6.07, 6.45) is 8.89. The van der Waals surface area contributed by atoms with E-state index in [0.717, 1.165) is 12.6 Å². The fraction of sp³-hybridized carbons (Fsp3) is 0.667. The predicted octanol–water partition coefficient (Wildman–Crippen LogP) is 3.77. The van der Waals surface area contributed by atoms with Crippen LogP contribution in [0.25, 0.3) is 0 Å². The lowest BCUT2D eigenvalue weighted by atomic mass is 10.0. The number of hydrogen-bond donors (Lipinski definition) is 1. The van der Waals surface area contributed by atoms with E-state index in [1.165, 1.54) is 63.1 Å². The Kier molecular flexibility index (Phi) is 8.23. The lowest BCUT2D eigenvalue weighted by Crippen LogP contribution is -2.42. The fourth-order valence-corrected chi connectivity index (χ4v) is 3.48. The maximum absolute atomic E-state index is 3.75. The first-order valence-corrected chi connectivity index (χ1v) is 9.76. The van der Waals surface area contributed by atoms with Crippen LogP contribution in [0, 0.1) is 0 Å². The minimum Gasteiger partial charge on any atom is -0.314 e. The first-order valence-electron chi connectivity index (χ1n) is 8.37. The van der Waals surface area contributed by atoms with Crippen LogP contribution in [0.2, 0.25) is 0 Å². The highest BCUT2D eigenvalue weighted by atomic mass is 32.2. The molecule has 0 saturated carbocycles. The molecule has 0 atom stereocenters. The topological polar surface area (TPSA) is 15.3 Å². The van der Waals surface area contributed by atoms with Crippen molar-refractivity contribution in [1.82, 2.24) is 10.2 Å². The molecule has 2 nitrogen and oxygen atoms in total. The van der Waals surface area contributed by atoms with E-state index in [2.05, 4.69) is 46.8 Å². The zero-order valence-electron chi connectivity index (χ0n) is 13.4. The zero-order chi connectivity index (χ0) is 14.8. The number of nitrogens with zero attached hydrogens (tertiary/aromatic N) is 1. The van der Waals surface area contributed by atoms with E-state index in [1.54, 1.807) is 0 Å². The largest absolute Gasteiger partial charge is 0.314 e. The van der Waals surface area contributed by atoms with Gasteiger partial charge in [0, 0.05) is 12.6 Å². The molecule has 1 heterocycles. The van der Waals surface area contributed by atoms with Crippen molar-refractivity contribution in [1.29, 1.82) is 0 Å². The molecule has 3 heteroatoms. The molecule has 0 bridgehead atoms. The third-order valence-corrected chi connectivity index (χ3v) is 4.99. The maximum atomic E-state index is 3.75. The third-order valence-electron chi connectivity index (χ3n) is 4.29. The Morgan fingerprint density at radius 1 is 1.10 bits per heavy atom. The number of likely N-dealkylation sites (tertiary alicyclic amines) is 1. The van der Waals surface area contributed by atoms with E-state index < -0.39 is 0 Å². The van der Waals surface area contributed by atoms with Crippen molar-refractivity contribution >= 4 is 11.8 Å². The number of rotatable bonds is 9. The van der Waals surface area contributed by atoms with Crippen LogP contribution < -0.4 is 5.32 Å². The van der Waals surface area contributed by atoms with Gasteiger partial charge < -0.3 is 5.32 Å². The van der Waals surface area contributed by atoms with Crippen LogP contribution in [0.15, 0.2) is 30.3 Å². The highest BCUT2D eigenvalue weighted by molar-refractivity contribution is 7.98. The van der Waals surface area contributed by atoms with E-state index >= 15 is 0 Å². The van der Waals surface area contributed by atoms with E-state index in [1.807, 2.05) is 11.8 Å². The molecular weight excluding hydrogens is 276 g/mol. The lowest BCUT2D eigenvalue weighted by molar-refractivity contribution is 0.190. The van der Waals surface area contributed by atoms with Gasteiger partial charge in [-0.25, -0.2) is 0 Å². The number of benzene rings is 1. The van der Waals surface area contributed by atoms with Crippen LogP contribution in [-0.2, 0) is 6.54 Å². The molecule has 1 aromatic carbocycles. The second kappa shape index (κ2) is 10.3. The Morgan fingerprint density at radius 2 is 1.86 bits per heavy atom. The normalized spacial score (nSPS) is 17.2. The molecule has 1 aliphatic rings. The Morgan fingerprint density at radius 3 is 2.57 bits per heavy atom. The number of piperidine rings is 1. The molecule has 0 aliphatic carbocycles. The van der Waals surface area contributed by atoms with E-state index in [-0.39, 0.29) is 0 Å². The van der Waals surface area contributed by atoms with E-state index in [0.29, 0.717) is 0 Å². The van der Waals surface area contributed by atoms with Crippen LogP contribution in [-0.4, -0.2) is 42.6 Å². The molecule has 1 N–H and O–H groups in total. The first-order chi connectivity index (χ1) is 10.4. The second-order valence-corrected chi connectivity index (χ2v) is 7.03. The van der Waals surface area contributed by atoms with Gasteiger partial charge in [0.05, 0.1) is 0 Å². The smallest absolute Gasteiger partial charge is 0.0233 e. The molecule has 21 heavy (non-hydrogen) atoms. The first kappa shape index (κ1) is 16.9. The summed E-state index contributed by atoms with van der Waals surface area (Å²) in [5.41, 5.74) is 1.44. The molecule has 1 fully saturated rings. The van der Waals surface area contributed by atoms with E-state index in [9.17, 15) is 0 Å². The van der Waals surface area contributed by atoms with Crippen molar-refractivity contribution < 1.29 is 0 Å². The molecule has 0 aromatic heterocycles. The third kappa shape index (κ3) is 6.86. The molecule has 118 valence electrons. The van der Waals surface area contributed by atoms with Crippen LogP contribution in [0.4, 0.5) is 0 Å². The van der Waals surface area contributed by atoms with Crippen LogP contribution >= 0.6 is 11.8 Å². The average Bonchev–Trinajstić information content (AvgIpc) is 2.53. The van der Waals surface area contributed by atoms with Gasteiger partial charge in [-0.3, -0.25) is 4.90 Å². The molecule has 1 aromatic rings. The van der Waals surface area contributed by atoms with Gasteiger partial charge in [-0.2, -0.15) is 11.8 Å². The zero-order valence-corrected chi connectivity index (χ0v) is 14.2. The van der Waals surface area contributed by atoms with Crippen LogP contribution in [0.1, 0.15) is 37.7 Å². The van der Waals surface area contributed by atoms with Crippen molar-refractivity contribution in [2.45, 2.75) is 44.7 Å². The summed E-state index contributed by atoms with van der Waals surface area (Å²) in [5, 5.41) is 3.75. The highest BCUT2D eigenvalue weighted by Gasteiger charge is 2.18. The number of unbranched alkanes of at least 4 members (excludes halogenated alkanes) is 2. The standard InChI is InChI=1S/C18H30N2S/c1-21-15-7-3-6-12-19-18-10-13-20(14-11-18)16-17-8-4-2-5-9-17/h2,4-5,8-9,18-19H,3,6-7,10-16H2,1H3. The summed E-state index contributed by atoms with van der Waals surface area (Å²) in [6.45, 7) is 4.79. The van der Waals surface area contributed by atoms with Crippen molar-refractivity contribution in [2.75, 3.05) is 31.6 Å². The summed E-state index contributed by atoms with van der Waals surface area (Å²) in [7, 11) is 0. The van der Waals surface area contributed by atoms with Gasteiger partial charge >= 0.3 is 0 Å². The second-order valence-electron chi connectivity index (χ2n) is 6.04. The molecule has 0 radical (unpaired) electrons. The van der Waals surface area contributed by atoms with Gasteiger partial charge in [0.25, 0.3) is 0 Å². The molecular formula is C18H30N2S. The van der Waals surface area contributed by atoms with Crippen molar-refractivity contribution in [2.24, 2.45) is 0 Å². The maximum Gasteiger partial charge on any atom is 0.0233 e. The summed E-state index contributed by atoms with van der Waals surface area (Å²) in [5.74, 6) is 1.32. The van der Waals surface area contributed by atoms with Gasteiger partial charge in [-0.05, 0) is 62.9 Å². The van der Waals surface area contributed by atoms with Crippen molar-refractivity contribution in [3.8, 4) is 0 Å². The summed E-state index contributed by atoms with van der Waals surface area (Å²) in [6, 6.07) is 11.6. The van der Waals surface area contributed by atoms with Gasteiger partial charge in [-0.15, -0.1) is 0 Å². The average molecular weight is 307 g/mol.